The number of anilines is 1. The van der Waals surface area contributed by atoms with Crippen LogP contribution in [0.4, 0.5) is 5.69 Å². The number of nitrogens with one attached hydrogen (secondary N) is 2. The van der Waals surface area contributed by atoms with Crippen LogP contribution in [0.1, 0.15) is 36.0 Å². The quantitative estimate of drug-likeness (QED) is 0.821. The molecule has 1 aliphatic heterocycles. The fourth-order valence-corrected chi connectivity index (χ4v) is 4.66. The fraction of sp³-hybridized carbons (Fsp3) is 0.316. The van der Waals surface area contributed by atoms with E-state index in [2.05, 4.69) is 10.0 Å². The van der Waals surface area contributed by atoms with Crippen LogP contribution in [0.15, 0.2) is 47.4 Å². The SMILES string of the molecule is O=C(Nc1ccc2c(c1)OCO2)c1cccc(S(=O)(=O)NC2CCCC2)c1. The third-order valence-corrected chi connectivity index (χ3v) is 6.23. The second-order valence-electron chi connectivity index (χ2n) is 6.65. The molecular formula is C19H20N2O5S. The monoisotopic (exact) mass is 388 g/mol. The largest absolute Gasteiger partial charge is 0.454 e. The van der Waals surface area contributed by atoms with Crippen molar-refractivity contribution in [3.8, 4) is 11.5 Å². The first-order valence-electron chi connectivity index (χ1n) is 8.85. The average molecular weight is 388 g/mol. The van der Waals surface area contributed by atoms with Crippen molar-refractivity contribution in [1.29, 1.82) is 0 Å². The van der Waals surface area contributed by atoms with Gasteiger partial charge in [0.15, 0.2) is 11.5 Å². The van der Waals surface area contributed by atoms with Gasteiger partial charge in [-0.05, 0) is 43.2 Å². The Bertz CT molecular complexity index is 968. The predicted octanol–water partition coefficient (Wildman–Crippen LogP) is 2.89. The van der Waals surface area contributed by atoms with Crippen LogP contribution in [0.2, 0.25) is 0 Å². The second-order valence-corrected chi connectivity index (χ2v) is 8.37. The molecule has 0 radical (unpaired) electrons. The minimum absolute atomic E-state index is 0.0267. The molecule has 4 rings (SSSR count). The van der Waals surface area contributed by atoms with Gasteiger partial charge in [0.25, 0.3) is 5.91 Å². The van der Waals surface area contributed by atoms with Crippen LogP contribution in [0, 0.1) is 0 Å². The predicted molar refractivity (Wildman–Crippen MR) is 99.5 cm³/mol. The third-order valence-electron chi connectivity index (χ3n) is 4.71. The molecular weight excluding hydrogens is 368 g/mol. The summed E-state index contributed by atoms with van der Waals surface area (Å²) >= 11 is 0. The highest BCUT2D eigenvalue weighted by Gasteiger charge is 2.23. The Hall–Kier alpha value is -2.58. The average Bonchev–Trinajstić information content (AvgIpc) is 3.32. The van der Waals surface area contributed by atoms with E-state index in [0.717, 1.165) is 25.7 Å². The van der Waals surface area contributed by atoms with E-state index in [1.54, 1.807) is 30.3 Å². The minimum atomic E-state index is -3.65. The molecule has 0 spiro atoms. The van der Waals surface area contributed by atoms with Gasteiger partial charge < -0.3 is 14.8 Å². The van der Waals surface area contributed by atoms with Crippen molar-refractivity contribution in [3.05, 3.63) is 48.0 Å². The normalized spacial score (nSPS) is 16.4. The van der Waals surface area contributed by atoms with Crippen molar-refractivity contribution in [2.45, 2.75) is 36.6 Å². The van der Waals surface area contributed by atoms with E-state index in [1.807, 2.05) is 0 Å². The first-order valence-corrected chi connectivity index (χ1v) is 10.3. The molecule has 2 aliphatic rings. The van der Waals surface area contributed by atoms with E-state index in [9.17, 15) is 13.2 Å². The zero-order chi connectivity index (χ0) is 18.9. The summed E-state index contributed by atoms with van der Waals surface area (Å²) in [6, 6.07) is 11.1. The van der Waals surface area contributed by atoms with E-state index in [1.165, 1.54) is 12.1 Å². The fourth-order valence-electron chi connectivity index (χ4n) is 3.31. The zero-order valence-electron chi connectivity index (χ0n) is 14.6. The van der Waals surface area contributed by atoms with E-state index in [4.69, 9.17) is 9.47 Å². The number of ether oxygens (including phenoxy) is 2. The molecule has 27 heavy (non-hydrogen) atoms. The van der Waals surface area contributed by atoms with E-state index in [-0.39, 0.29) is 23.3 Å². The minimum Gasteiger partial charge on any atom is -0.454 e. The first-order chi connectivity index (χ1) is 13.0. The van der Waals surface area contributed by atoms with E-state index in [0.29, 0.717) is 17.2 Å². The highest BCUT2D eigenvalue weighted by molar-refractivity contribution is 7.89. The van der Waals surface area contributed by atoms with Crippen LogP contribution < -0.4 is 19.5 Å². The lowest BCUT2D eigenvalue weighted by atomic mass is 10.2. The molecule has 0 bridgehead atoms. The summed E-state index contributed by atoms with van der Waals surface area (Å²) in [6.45, 7) is 0.153. The number of carbonyl (C=O) groups excluding carboxylic acids is 1. The van der Waals surface area contributed by atoms with Gasteiger partial charge in [0, 0.05) is 23.4 Å². The summed E-state index contributed by atoms with van der Waals surface area (Å²) in [5.74, 6) is 0.788. The molecule has 1 amide bonds. The molecule has 1 heterocycles. The molecule has 1 fully saturated rings. The van der Waals surface area contributed by atoms with Crippen molar-refractivity contribution in [3.63, 3.8) is 0 Å². The Balaban J connectivity index is 1.50. The molecule has 2 aromatic rings. The highest BCUT2D eigenvalue weighted by Crippen LogP contribution is 2.34. The Morgan fingerprint density at radius 2 is 1.78 bits per heavy atom. The van der Waals surface area contributed by atoms with Gasteiger partial charge >= 0.3 is 0 Å². The van der Waals surface area contributed by atoms with Crippen LogP contribution >= 0.6 is 0 Å². The van der Waals surface area contributed by atoms with Crippen molar-refractivity contribution in [2.75, 3.05) is 12.1 Å². The molecule has 0 atom stereocenters. The van der Waals surface area contributed by atoms with Gasteiger partial charge in [0.2, 0.25) is 16.8 Å². The molecule has 2 aromatic carbocycles. The molecule has 142 valence electrons. The molecule has 1 aliphatic carbocycles. The number of sulfonamides is 1. The standard InChI is InChI=1S/C19H20N2O5S/c22-19(20-15-8-9-17-18(11-15)26-12-25-17)13-4-3-7-16(10-13)27(23,24)21-14-5-1-2-6-14/h3-4,7-11,14,21H,1-2,5-6,12H2,(H,20,22). The Kier molecular flexibility index (Phi) is 4.75. The molecule has 0 saturated heterocycles. The maximum absolute atomic E-state index is 12.6. The lowest BCUT2D eigenvalue weighted by Gasteiger charge is -2.13. The van der Waals surface area contributed by atoms with Crippen molar-refractivity contribution in [2.24, 2.45) is 0 Å². The highest BCUT2D eigenvalue weighted by atomic mass is 32.2. The van der Waals surface area contributed by atoms with E-state index >= 15 is 0 Å². The maximum Gasteiger partial charge on any atom is 0.255 e. The number of hydrogen-bond donors (Lipinski definition) is 2. The number of amides is 1. The van der Waals surface area contributed by atoms with Gasteiger partial charge in [-0.25, -0.2) is 13.1 Å². The van der Waals surface area contributed by atoms with Gasteiger partial charge in [-0.15, -0.1) is 0 Å². The lowest BCUT2D eigenvalue weighted by Crippen LogP contribution is -2.32. The van der Waals surface area contributed by atoms with Crippen molar-refractivity contribution >= 4 is 21.6 Å². The second kappa shape index (κ2) is 7.21. The maximum atomic E-state index is 12.6. The zero-order valence-corrected chi connectivity index (χ0v) is 15.4. The Morgan fingerprint density at radius 3 is 2.59 bits per heavy atom. The Labute approximate surface area is 157 Å². The first kappa shape index (κ1) is 17.8. The summed E-state index contributed by atoms with van der Waals surface area (Å²) < 4.78 is 38.4. The van der Waals surface area contributed by atoms with Gasteiger partial charge in [-0.2, -0.15) is 0 Å². The molecule has 0 aromatic heterocycles. The van der Waals surface area contributed by atoms with Gasteiger partial charge in [-0.3, -0.25) is 4.79 Å². The Morgan fingerprint density at radius 1 is 1.00 bits per heavy atom. The molecule has 2 N–H and O–H groups in total. The van der Waals surface area contributed by atoms with Crippen LogP contribution in [-0.2, 0) is 10.0 Å². The van der Waals surface area contributed by atoms with Gasteiger partial charge in [0.1, 0.15) is 0 Å². The number of fused-ring (bicyclic) bond motifs is 1. The summed E-state index contributed by atoms with van der Waals surface area (Å²) in [5, 5.41) is 2.75. The van der Waals surface area contributed by atoms with Gasteiger partial charge in [0.05, 0.1) is 4.90 Å². The topological polar surface area (TPSA) is 93.7 Å². The number of rotatable bonds is 5. The summed E-state index contributed by atoms with van der Waals surface area (Å²) in [6.07, 6.45) is 3.77. The number of carbonyl (C=O) groups is 1. The van der Waals surface area contributed by atoms with Crippen molar-refractivity contribution < 1.29 is 22.7 Å². The van der Waals surface area contributed by atoms with Crippen LogP contribution in [0.3, 0.4) is 0 Å². The summed E-state index contributed by atoms with van der Waals surface area (Å²) in [4.78, 5) is 12.6. The third kappa shape index (κ3) is 3.91. The number of hydrogen-bond acceptors (Lipinski definition) is 5. The molecule has 0 unspecified atom stereocenters. The number of benzene rings is 2. The van der Waals surface area contributed by atoms with Crippen LogP contribution in [0.5, 0.6) is 11.5 Å². The summed E-state index contributed by atoms with van der Waals surface area (Å²) in [5.41, 5.74) is 0.809. The van der Waals surface area contributed by atoms with Crippen LogP contribution in [0.25, 0.3) is 0 Å². The van der Waals surface area contributed by atoms with E-state index < -0.39 is 15.9 Å². The molecule has 1 saturated carbocycles. The smallest absolute Gasteiger partial charge is 0.255 e. The van der Waals surface area contributed by atoms with Crippen LogP contribution in [-0.4, -0.2) is 27.2 Å². The lowest BCUT2D eigenvalue weighted by molar-refractivity contribution is 0.102. The molecule has 7 nitrogen and oxygen atoms in total. The van der Waals surface area contributed by atoms with Gasteiger partial charge in [-0.1, -0.05) is 18.9 Å². The van der Waals surface area contributed by atoms with Crippen molar-refractivity contribution in [1.82, 2.24) is 4.72 Å². The summed E-state index contributed by atoms with van der Waals surface area (Å²) in [7, 11) is -3.65. The molecule has 8 heteroatoms.